The third-order valence-electron chi connectivity index (χ3n) is 4.83. The average molecular weight is 347 g/mol. The summed E-state index contributed by atoms with van der Waals surface area (Å²) in [6.45, 7) is 4.25. The Hall–Kier alpha value is -3.02. The van der Waals surface area contributed by atoms with Gasteiger partial charge in [-0.15, -0.1) is 0 Å². The molecule has 3 aromatic rings. The first-order chi connectivity index (χ1) is 12.7. The number of pyridine rings is 1. The number of benzene rings is 1. The van der Waals surface area contributed by atoms with Crippen molar-refractivity contribution in [2.75, 3.05) is 23.3 Å². The van der Waals surface area contributed by atoms with Crippen LogP contribution < -0.4 is 10.2 Å². The lowest BCUT2D eigenvalue weighted by Gasteiger charge is -2.31. The number of amides is 1. The van der Waals surface area contributed by atoms with Crippen molar-refractivity contribution in [2.24, 2.45) is 5.92 Å². The molecule has 1 amide bonds. The summed E-state index contributed by atoms with van der Waals surface area (Å²) in [5, 5.41) is 3.84. The number of anilines is 2. The fourth-order valence-electron chi connectivity index (χ4n) is 3.20. The number of piperidine rings is 1. The Labute approximate surface area is 152 Å². The highest BCUT2D eigenvalue weighted by molar-refractivity contribution is 6.03. The van der Waals surface area contributed by atoms with E-state index in [1.807, 2.05) is 36.4 Å². The Morgan fingerprint density at radius 1 is 1.12 bits per heavy atom. The maximum atomic E-state index is 12.5. The molecule has 6 heteroatoms. The number of rotatable bonds is 3. The predicted octanol–water partition coefficient (Wildman–Crippen LogP) is 3.51. The first-order valence-electron chi connectivity index (χ1n) is 8.93. The summed E-state index contributed by atoms with van der Waals surface area (Å²) in [6, 6.07) is 13.2. The van der Waals surface area contributed by atoms with Crippen LogP contribution in [-0.4, -0.2) is 33.9 Å². The lowest BCUT2D eigenvalue weighted by molar-refractivity contribution is 0.102. The number of hydrogen-bond acceptors (Lipinski definition) is 5. The zero-order valence-corrected chi connectivity index (χ0v) is 14.7. The van der Waals surface area contributed by atoms with Crippen LogP contribution in [0.3, 0.4) is 0 Å². The highest BCUT2D eigenvalue weighted by Crippen LogP contribution is 2.22. The largest absolute Gasteiger partial charge is 0.356 e. The van der Waals surface area contributed by atoms with E-state index in [2.05, 4.69) is 32.1 Å². The summed E-state index contributed by atoms with van der Waals surface area (Å²) in [6.07, 6.45) is 3.82. The Kier molecular flexibility index (Phi) is 4.48. The van der Waals surface area contributed by atoms with Gasteiger partial charge in [0, 0.05) is 24.5 Å². The quantitative estimate of drug-likeness (QED) is 0.785. The smallest absolute Gasteiger partial charge is 0.275 e. The molecule has 1 N–H and O–H groups in total. The predicted molar refractivity (Wildman–Crippen MR) is 102 cm³/mol. The Morgan fingerprint density at radius 3 is 2.77 bits per heavy atom. The van der Waals surface area contributed by atoms with Crippen LogP contribution in [-0.2, 0) is 0 Å². The minimum absolute atomic E-state index is 0.271. The van der Waals surface area contributed by atoms with E-state index >= 15 is 0 Å². The van der Waals surface area contributed by atoms with Gasteiger partial charge in [0.05, 0.1) is 5.52 Å². The van der Waals surface area contributed by atoms with Crippen LogP contribution in [0.1, 0.15) is 30.3 Å². The summed E-state index contributed by atoms with van der Waals surface area (Å²) in [4.78, 5) is 27.7. The third kappa shape index (κ3) is 3.49. The van der Waals surface area contributed by atoms with Crippen LogP contribution in [0, 0.1) is 5.92 Å². The van der Waals surface area contributed by atoms with Gasteiger partial charge in [0.1, 0.15) is 23.7 Å². The summed E-state index contributed by atoms with van der Waals surface area (Å²) >= 11 is 0. The number of carbonyl (C=O) groups is 1. The Morgan fingerprint density at radius 2 is 1.92 bits per heavy atom. The molecule has 3 heterocycles. The summed E-state index contributed by atoms with van der Waals surface area (Å²) < 4.78 is 0. The molecule has 6 nitrogen and oxygen atoms in total. The van der Waals surface area contributed by atoms with Gasteiger partial charge >= 0.3 is 0 Å². The maximum absolute atomic E-state index is 12.5. The van der Waals surface area contributed by atoms with Gasteiger partial charge in [0.2, 0.25) is 0 Å². The van der Waals surface area contributed by atoms with Gasteiger partial charge in [-0.05, 0) is 30.9 Å². The molecule has 4 rings (SSSR count). The van der Waals surface area contributed by atoms with Crippen LogP contribution in [0.15, 0.2) is 48.8 Å². The summed E-state index contributed by atoms with van der Waals surface area (Å²) in [5.74, 6) is 1.83. The molecule has 26 heavy (non-hydrogen) atoms. The zero-order chi connectivity index (χ0) is 17.9. The minimum atomic E-state index is -0.271. The topological polar surface area (TPSA) is 71.0 Å². The van der Waals surface area contributed by atoms with Crippen molar-refractivity contribution >= 4 is 28.4 Å². The molecule has 1 saturated heterocycles. The van der Waals surface area contributed by atoms with Crippen molar-refractivity contribution in [3.8, 4) is 0 Å². The van der Waals surface area contributed by atoms with Gasteiger partial charge in [0.25, 0.3) is 5.91 Å². The molecule has 0 bridgehead atoms. The Balaban J connectivity index is 1.51. The van der Waals surface area contributed by atoms with Crippen LogP contribution in [0.4, 0.5) is 11.6 Å². The van der Waals surface area contributed by atoms with E-state index in [4.69, 9.17) is 0 Å². The number of hydrogen-bond donors (Lipinski definition) is 1. The van der Waals surface area contributed by atoms with Crippen LogP contribution >= 0.6 is 0 Å². The highest BCUT2D eigenvalue weighted by Gasteiger charge is 2.18. The van der Waals surface area contributed by atoms with Gasteiger partial charge in [-0.25, -0.2) is 15.0 Å². The molecule has 0 aliphatic carbocycles. The molecule has 1 aliphatic heterocycles. The number of carbonyl (C=O) groups excluding carboxylic acids is 1. The molecular weight excluding hydrogens is 326 g/mol. The first-order valence-corrected chi connectivity index (χ1v) is 8.93. The fourth-order valence-corrected chi connectivity index (χ4v) is 3.20. The second-order valence-corrected chi connectivity index (χ2v) is 6.77. The lowest BCUT2D eigenvalue weighted by Crippen LogP contribution is -2.33. The molecule has 0 spiro atoms. The molecule has 1 aromatic carbocycles. The molecular formula is C20H21N5O. The van der Waals surface area contributed by atoms with Crippen LogP contribution in [0.25, 0.3) is 10.9 Å². The van der Waals surface area contributed by atoms with E-state index in [0.29, 0.717) is 11.5 Å². The SMILES string of the molecule is CC1CCN(c2cc(NC(=O)c3ccc4ccccc4n3)ncn2)CC1. The molecule has 1 aliphatic rings. The Bertz CT molecular complexity index is 934. The first kappa shape index (κ1) is 16.4. The monoisotopic (exact) mass is 347 g/mol. The van der Waals surface area contributed by atoms with Crippen molar-refractivity contribution in [1.29, 1.82) is 0 Å². The van der Waals surface area contributed by atoms with E-state index in [1.165, 1.54) is 6.33 Å². The van der Waals surface area contributed by atoms with E-state index in [1.54, 1.807) is 6.07 Å². The van der Waals surface area contributed by atoms with Crippen molar-refractivity contribution in [3.63, 3.8) is 0 Å². The number of nitrogens with zero attached hydrogens (tertiary/aromatic N) is 4. The standard InChI is InChI=1S/C20H21N5O/c1-14-8-10-25(11-9-14)19-12-18(21-13-22-19)24-20(26)17-7-6-15-4-2-3-5-16(15)23-17/h2-7,12-14H,8-11H2,1H3,(H,21,22,24,26). The molecule has 0 radical (unpaired) electrons. The molecule has 2 aromatic heterocycles. The van der Waals surface area contributed by atoms with E-state index < -0.39 is 0 Å². The summed E-state index contributed by atoms with van der Waals surface area (Å²) in [7, 11) is 0. The van der Waals surface area contributed by atoms with E-state index in [-0.39, 0.29) is 5.91 Å². The average Bonchev–Trinajstić information content (AvgIpc) is 2.68. The molecule has 0 atom stereocenters. The fraction of sp³-hybridized carbons (Fsp3) is 0.300. The summed E-state index contributed by atoms with van der Waals surface area (Å²) in [5.41, 5.74) is 1.17. The van der Waals surface area contributed by atoms with Gasteiger partial charge in [-0.3, -0.25) is 4.79 Å². The number of aromatic nitrogens is 3. The zero-order valence-electron chi connectivity index (χ0n) is 14.7. The van der Waals surface area contributed by atoms with Gasteiger partial charge in [-0.1, -0.05) is 31.2 Å². The number of fused-ring (bicyclic) bond motifs is 1. The van der Waals surface area contributed by atoms with Crippen molar-refractivity contribution in [3.05, 3.63) is 54.5 Å². The maximum Gasteiger partial charge on any atom is 0.275 e. The van der Waals surface area contributed by atoms with Crippen LogP contribution in [0.5, 0.6) is 0 Å². The van der Waals surface area contributed by atoms with Gasteiger partial charge < -0.3 is 10.2 Å². The van der Waals surface area contributed by atoms with Gasteiger partial charge in [-0.2, -0.15) is 0 Å². The highest BCUT2D eigenvalue weighted by atomic mass is 16.1. The van der Waals surface area contributed by atoms with Crippen molar-refractivity contribution < 1.29 is 4.79 Å². The van der Waals surface area contributed by atoms with E-state index in [0.717, 1.165) is 48.6 Å². The van der Waals surface area contributed by atoms with E-state index in [9.17, 15) is 4.79 Å². The molecule has 0 saturated carbocycles. The normalized spacial score (nSPS) is 15.2. The second-order valence-electron chi connectivity index (χ2n) is 6.77. The number of nitrogens with one attached hydrogen (secondary N) is 1. The third-order valence-corrected chi connectivity index (χ3v) is 4.83. The van der Waals surface area contributed by atoms with Gasteiger partial charge in [0.15, 0.2) is 0 Å². The molecule has 132 valence electrons. The second kappa shape index (κ2) is 7.07. The lowest BCUT2D eigenvalue weighted by atomic mass is 9.99. The molecule has 1 fully saturated rings. The number of para-hydroxylation sites is 1. The van der Waals surface area contributed by atoms with Crippen LogP contribution in [0.2, 0.25) is 0 Å². The van der Waals surface area contributed by atoms with Crippen molar-refractivity contribution in [2.45, 2.75) is 19.8 Å². The molecule has 0 unspecified atom stereocenters. The van der Waals surface area contributed by atoms with Crippen molar-refractivity contribution in [1.82, 2.24) is 15.0 Å². The minimum Gasteiger partial charge on any atom is -0.356 e.